The first-order chi connectivity index (χ1) is 22.1. The Labute approximate surface area is 282 Å². The molecule has 2 heterocycles. The van der Waals surface area contributed by atoms with Gasteiger partial charge in [-0.15, -0.1) is 11.3 Å². The Morgan fingerprint density at radius 2 is 1.22 bits per heavy atom. The molecule has 9 rings (SSSR count). The number of fused-ring (bicyclic) bond motifs is 5. The van der Waals surface area contributed by atoms with Gasteiger partial charge in [-0.2, -0.15) is 0 Å². The van der Waals surface area contributed by atoms with Crippen LogP contribution in [0.3, 0.4) is 0 Å². The van der Waals surface area contributed by atoms with Crippen molar-refractivity contribution in [3.8, 4) is 0 Å². The summed E-state index contributed by atoms with van der Waals surface area (Å²) in [4.78, 5) is 2.59. The van der Waals surface area contributed by atoms with Crippen LogP contribution >= 0.6 is 27.3 Å². The van der Waals surface area contributed by atoms with Gasteiger partial charge in [-0.1, -0.05) is 118 Å². The largest absolute Gasteiger partial charge is 0.309 e. The normalized spacial score (nSPS) is 14.5. The van der Waals surface area contributed by atoms with Gasteiger partial charge in [0.15, 0.2) is 0 Å². The highest BCUT2D eigenvalue weighted by Gasteiger charge is 2.38. The van der Waals surface area contributed by atoms with Gasteiger partial charge in [0, 0.05) is 40.8 Å². The van der Waals surface area contributed by atoms with Crippen LogP contribution in [-0.4, -0.2) is 0 Å². The molecule has 0 spiro atoms. The van der Waals surface area contributed by atoms with E-state index in [4.69, 9.17) is 0 Å². The fraction of sp³-hybridized carbons (Fsp3) is 0.209. The van der Waals surface area contributed by atoms with Crippen molar-refractivity contribution in [3.05, 3.63) is 124 Å². The van der Waals surface area contributed by atoms with E-state index in [-0.39, 0.29) is 5.41 Å². The van der Waals surface area contributed by atoms with Gasteiger partial charge < -0.3 is 4.90 Å². The highest BCUT2D eigenvalue weighted by Crippen LogP contribution is 2.56. The van der Waals surface area contributed by atoms with Gasteiger partial charge in [0.25, 0.3) is 0 Å². The topological polar surface area (TPSA) is 3.24 Å². The zero-order chi connectivity index (χ0) is 31.6. The number of nitrogens with zero attached hydrogens (tertiary/aromatic N) is 1. The van der Waals surface area contributed by atoms with Gasteiger partial charge in [-0.05, 0) is 92.0 Å². The molecule has 7 aromatic carbocycles. The average Bonchev–Trinajstić information content (AvgIpc) is 3.41. The number of thiophene rings is 1. The maximum Gasteiger partial charge on any atom is 0.0543 e. The number of anilines is 3. The minimum atomic E-state index is -0.151. The summed E-state index contributed by atoms with van der Waals surface area (Å²) in [5, 5.41) is 10.8. The summed E-state index contributed by atoms with van der Waals surface area (Å²) in [5.74, 6) is 0.781. The first-order valence-corrected chi connectivity index (χ1v) is 18.0. The molecule has 8 aromatic rings. The van der Waals surface area contributed by atoms with Crippen LogP contribution in [0.1, 0.15) is 75.6 Å². The van der Waals surface area contributed by atoms with E-state index in [1.54, 1.807) is 0 Å². The highest BCUT2D eigenvalue weighted by molar-refractivity contribution is 9.10. The molecule has 0 amide bonds. The summed E-state index contributed by atoms with van der Waals surface area (Å²) in [6.45, 7) is 14.1. The number of para-hydroxylation sites is 1. The molecule has 3 heteroatoms. The van der Waals surface area contributed by atoms with Gasteiger partial charge >= 0.3 is 0 Å². The molecule has 226 valence electrons. The molecule has 0 unspecified atom stereocenters. The van der Waals surface area contributed by atoms with Crippen LogP contribution in [0.15, 0.2) is 102 Å². The van der Waals surface area contributed by atoms with E-state index >= 15 is 0 Å². The molecular formula is C43H36BrNS. The van der Waals surface area contributed by atoms with Crippen molar-refractivity contribution in [1.82, 2.24) is 0 Å². The molecular weight excluding hydrogens is 642 g/mol. The number of halogens is 1. The zero-order valence-corrected chi connectivity index (χ0v) is 29.5. The molecule has 0 fully saturated rings. The smallest absolute Gasteiger partial charge is 0.0543 e. The van der Waals surface area contributed by atoms with Crippen LogP contribution in [-0.2, 0) is 5.41 Å². The predicted molar refractivity (Wildman–Crippen MR) is 206 cm³/mol. The second kappa shape index (κ2) is 9.80. The Balaban J connectivity index is 1.46. The minimum absolute atomic E-state index is 0.151. The molecule has 1 aliphatic heterocycles. The van der Waals surface area contributed by atoms with Crippen molar-refractivity contribution < 1.29 is 0 Å². The van der Waals surface area contributed by atoms with E-state index in [9.17, 15) is 0 Å². The molecule has 0 radical (unpaired) electrons. The monoisotopic (exact) mass is 677 g/mol. The fourth-order valence-corrected chi connectivity index (χ4v) is 9.99. The lowest BCUT2D eigenvalue weighted by molar-refractivity contribution is 0.633. The number of rotatable bonds is 3. The SMILES string of the molecule is CC(C)c1cc2ccc(N3c4ccccc4C(C)(C)c4cc5c(cc43)sc3ccccc35)c3c(C(C)C)cc4ccc(Br)c1c4c23. The minimum Gasteiger partial charge on any atom is -0.309 e. The van der Waals surface area contributed by atoms with Crippen LogP contribution in [0.2, 0.25) is 0 Å². The average molecular weight is 679 g/mol. The third-order valence-electron chi connectivity index (χ3n) is 10.6. The third kappa shape index (κ3) is 3.73. The Kier molecular flexibility index (Phi) is 6.03. The van der Waals surface area contributed by atoms with Crippen molar-refractivity contribution in [2.75, 3.05) is 4.90 Å². The fourth-order valence-electron chi connectivity index (χ4n) is 8.31. The summed E-state index contributed by atoms with van der Waals surface area (Å²) < 4.78 is 3.86. The molecule has 0 saturated heterocycles. The number of hydrogen-bond donors (Lipinski definition) is 0. The third-order valence-corrected chi connectivity index (χ3v) is 12.4. The predicted octanol–water partition coefficient (Wildman–Crippen LogP) is 14.1. The van der Waals surface area contributed by atoms with Crippen LogP contribution in [0.25, 0.3) is 52.5 Å². The van der Waals surface area contributed by atoms with Crippen molar-refractivity contribution in [2.45, 2.75) is 58.8 Å². The van der Waals surface area contributed by atoms with Crippen molar-refractivity contribution in [1.29, 1.82) is 0 Å². The maximum atomic E-state index is 3.99. The highest BCUT2D eigenvalue weighted by atomic mass is 79.9. The second-order valence-corrected chi connectivity index (χ2v) is 16.2. The van der Waals surface area contributed by atoms with E-state index in [2.05, 4.69) is 159 Å². The second-order valence-electron chi connectivity index (χ2n) is 14.3. The van der Waals surface area contributed by atoms with Crippen LogP contribution in [0.4, 0.5) is 17.1 Å². The van der Waals surface area contributed by atoms with E-state index < -0.39 is 0 Å². The van der Waals surface area contributed by atoms with Gasteiger partial charge in [0.2, 0.25) is 0 Å². The van der Waals surface area contributed by atoms with Gasteiger partial charge in [0.1, 0.15) is 0 Å². The lowest BCUT2D eigenvalue weighted by Crippen LogP contribution is -2.30. The van der Waals surface area contributed by atoms with Crippen LogP contribution in [0.5, 0.6) is 0 Å². The molecule has 0 atom stereocenters. The number of hydrogen-bond acceptors (Lipinski definition) is 2. The molecule has 1 aromatic heterocycles. The van der Waals surface area contributed by atoms with Crippen molar-refractivity contribution >= 4 is 96.8 Å². The number of benzene rings is 7. The lowest BCUT2D eigenvalue weighted by Gasteiger charge is -2.42. The molecule has 0 N–H and O–H groups in total. The molecule has 46 heavy (non-hydrogen) atoms. The molecule has 0 bridgehead atoms. The summed E-state index contributed by atoms with van der Waals surface area (Å²) in [6.07, 6.45) is 0. The summed E-state index contributed by atoms with van der Waals surface area (Å²) >= 11 is 5.89. The van der Waals surface area contributed by atoms with E-state index in [1.165, 1.54) is 96.3 Å². The molecule has 0 saturated carbocycles. The van der Waals surface area contributed by atoms with E-state index in [0.29, 0.717) is 11.8 Å². The van der Waals surface area contributed by atoms with Crippen LogP contribution < -0.4 is 4.90 Å². The van der Waals surface area contributed by atoms with E-state index in [1.807, 2.05) is 11.3 Å². The van der Waals surface area contributed by atoms with Gasteiger partial charge in [-0.25, -0.2) is 0 Å². The lowest BCUT2D eigenvalue weighted by atomic mass is 9.73. The van der Waals surface area contributed by atoms with Crippen molar-refractivity contribution in [3.63, 3.8) is 0 Å². The van der Waals surface area contributed by atoms with E-state index in [0.717, 1.165) is 0 Å². The first kappa shape index (κ1) is 28.3. The van der Waals surface area contributed by atoms with Gasteiger partial charge in [-0.3, -0.25) is 0 Å². The van der Waals surface area contributed by atoms with Crippen molar-refractivity contribution in [2.24, 2.45) is 0 Å². The van der Waals surface area contributed by atoms with Gasteiger partial charge in [0.05, 0.1) is 17.1 Å². The Morgan fingerprint density at radius 1 is 0.565 bits per heavy atom. The molecule has 0 aliphatic carbocycles. The zero-order valence-electron chi connectivity index (χ0n) is 27.1. The maximum absolute atomic E-state index is 3.99. The standard InChI is InChI=1S/C43H36BrNS/c1-23(2)28-19-26-16-18-35(42-29(24(3)4)20-25-15-17-33(44)41(28)39(25)40(26)42)45-34-13-9-8-12-31(34)43(5,6)32-21-30-27-11-7-10-14-37(27)46-38(30)22-36(32)45/h7-24H,1-6H3. The first-order valence-electron chi connectivity index (χ1n) is 16.4. The summed E-state index contributed by atoms with van der Waals surface area (Å²) in [7, 11) is 0. The quantitative estimate of drug-likeness (QED) is 0.168. The molecule has 1 nitrogen and oxygen atoms in total. The Hall–Kier alpha value is -3.92. The Morgan fingerprint density at radius 3 is 1.98 bits per heavy atom. The summed E-state index contributed by atoms with van der Waals surface area (Å²) in [5.41, 5.74) is 9.22. The summed E-state index contributed by atoms with van der Waals surface area (Å²) in [6, 6.07) is 37.2. The Bertz CT molecular complexity index is 2530. The van der Waals surface area contributed by atoms with Crippen LogP contribution in [0, 0.1) is 0 Å². The molecule has 1 aliphatic rings.